The van der Waals surface area contributed by atoms with Crippen molar-refractivity contribution in [3.63, 3.8) is 0 Å². The number of likely N-dealkylation sites (N-methyl/N-ethyl adjacent to an activating group) is 1. The quantitative estimate of drug-likeness (QED) is 0.892. The van der Waals surface area contributed by atoms with Crippen LogP contribution in [0.3, 0.4) is 0 Å². The van der Waals surface area contributed by atoms with E-state index < -0.39 is 0 Å². The molecule has 3 rings (SSSR count). The zero-order chi connectivity index (χ0) is 12.4. The van der Waals surface area contributed by atoms with Gasteiger partial charge < -0.3 is 14.6 Å². The van der Waals surface area contributed by atoms with Gasteiger partial charge in [-0.05, 0) is 30.7 Å². The molecule has 0 amide bonds. The van der Waals surface area contributed by atoms with Crippen molar-refractivity contribution in [1.29, 1.82) is 0 Å². The Morgan fingerprint density at radius 1 is 1.50 bits per heavy atom. The topological polar surface area (TPSA) is 39.1 Å². The number of imidazole rings is 1. The molecule has 1 aliphatic heterocycles. The van der Waals surface area contributed by atoms with Crippen LogP contribution in [-0.4, -0.2) is 29.8 Å². The number of aromatic nitrogens is 2. The van der Waals surface area contributed by atoms with Gasteiger partial charge in [0, 0.05) is 18.9 Å². The maximum Gasteiger partial charge on any atom is 0.0991 e. The van der Waals surface area contributed by atoms with Crippen molar-refractivity contribution in [1.82, 2.24) is 14.9 Å². The molecule has 1 unspecified atom stereocenters. The first-order valence-electron chi connectivity index (χ1n) is 6.26. The van der Waals surface area contributed by atoms with Crippen LogP contribution >= 0.6 is 0 Å². The average molecular weight is 243 g/mol. The van der Waals surface area contributed by atoms with Crippen molar-refractivity contribution >= 4 is 0 Å². The highest BCUT2D eigenvalue weighted by Crippen LogP contribution is 2.30. The van der Waals surface area contributed by atoms with Crippen molar-refractivity contribution in [2.45, 2.75) is 12.5 Å². The van der Waals surface area contributed by atoms with Crippen LogP contribution in [0.4, 0.5) is 0 Å². The van der Waals surface area contributed by atoms with E-state index in [1.807, 2.05) is 25.8 Å². The van der Waals surface area contributed by atoms with Crippen molar-refractivity contribution in [3.05, 3.63) is 48.0 Å². The highest BCUT2D eigenvalue weighted by atomic mass is 16.5. The van der Waals surface area contributed by atoms with E-state index in [9.17, 15) is 0 Å². The Morgan fingerprint density at radius 3 is 3.22 bits per heavy atom. The smallest absolute Gasteiger partial charge is 0.0991 e. The number of fused-ring (bicyclic) bond motifs is 1. The average Bonchev–Trinajstić information content (AvgIpc) is 2.93. The molecule has 4 nitrogen and oxygen atoms in total. The number of nitrogens with zero attached hydrogens (tertiary/aromatic N) is 2. The molecule has 0 saturated heterocycles. The summed E-state index contributed by atoms with van der Waals surface area (Å²) in [5, 5.41) is 3.19. The first kappa shape index (κ1) is 11.4. The number of rotatable bonds is 3. The van der Waals surface area contributed by atoms with E-state index in [0.717, 1.165) is 19.6 Å². The van der Waals surface area contributed by atoms with Crippen LogP contribution in [0.5, 0.6) is 0 Å². The minimum Gasteiger partial charge on any atom is -0.372 e. The Morgan fingerprint density at radius 2 is 2.44 bits per heavy atom. The molecule has 94 valence electrons. The van der Waals surface area contributed by atoms with Gasteiger partial charge in [-0.3, -0.25) is 0 Å². The molecule has 0 aliphatic carbocycles. The van der Waals surface area contributed by atoms with Gasteiger partial charge >= 0.3 is 0 Å². The second kappa shape index (κ2) is 4.92. The van der Waals surface area contributed by atoms with E-state index in [4.69, 9.17) is 4.74 Å². The van der Waals surface area contributed by atoms with Crippen molar-refractivity contribution in [2.75, 3.05) is 20.2 Å². The van der Waals surface area contributed by atoms with Gasteiger partial charge in [0.05, 0.1) is 24.7 Å². The molecule has 0 bridgehead atoms. The van der Waals surface area contributed by atoms with E-state index in [-0.39, 0.29) is 6.10 Å². The van der Waals surface area contributed by atoms with Crippen LogP contribution in [-0.2, 0) is 11.2 Å². The zero-order valence-electron chi connectivity index (χ0n) is 10.5. The lowest BCUT2D eigenvalue weighted by Gasteiger charge is -2.27. The Hall–Kier alpha value is -1.65. The number of benzene rings is 1. The standard InChI is InChI=1S/C14H17N3O/c1-15-9-14-12-3-2-4-13(11(12)5-8-18-14)17-7-6-16-10-17/h2-4,6-7,10,14-15H,5,8-9H2,1H3. The molecule has 1 aromatic carbocycles. The van der Waals surface area contributed by atoms with Crippen LogP contribution in [0.15, 0.2) is 36.9 Å². The molecule has 1 N–H and O–H groups in total. The summed E-state index contributed by atoms with van der Waals surface area (Å²) in [7, 11) is 1.96. The lowest BCUT2D eigenvalue weighted by Crippen LogP contribution is -2.26. The molecular formula is C14H17N3O. The monoisotopic (exact) mass is 243 g/mol. The van der Waals surface area contributed by atoms with Crippen LogP contribution in [0, 0.1) is 0 Å². The SMILES string of the molecule is CNCC1OCCc2c1cccc2-n1ccnc1. The van der Waals surface area contributed by atoms with E-state index in [2.05, 4.69) is 33.1 Å². The van der Waals surface area contributed by atoms with Crippen LogP contribution in [0.1, 0.15) is 17.2 Å². The summed E-state index contributed by atoms with van der Waals surface area (Å²) in [6, 6.07) is 6.39. The lowest BCUT2D eigenvalue weighted by atomic mass is 9.95. The van der Waals surface area contributed by atoms with Crippen molar-refractivity contribution in [3.8, 4) is 5.69 Å². The Bertz CT molecular complexity index is 522. The van der Waals surface area contributed by atoms with Gasteiger partial charge in [0.2, 0.25) is 0 Å². The molecule has 18 heavy (non-hydrogen) atoms. The fraction of sp³-hybridized carbons (Fsp3) is 0.357. The molecule has 1 aliphatic rings. The van der Waals surface area contributed by atoms with Crippen LogP contribution in [0.25, 0.3) is 5.69 Å². The predicted molar refractivity (Wildman–Crippen MR) is 69.9 cm³/mol. The number of nitrogens with one attached hydrogen (secondary N) is 1. The van der Waals surface area contributed by atoms with Crippen molar-refractivity contribution in [2.24, 2.45) is 0 Å². The first-order chi connectivity index (χ1) is 8.90. The lowest BCUT2D eigenvalue weighted by molar-refractivity contribution is 0.0438. The maximum atomic E-state index is 5.83. The first-order valence-corrected chi connectivity index (χ1v) is 6.26. The Balaban J connectivity index is 2.06. The maximum absolute atomic E-state index is 5.83. The molecule has 4 heteroatoms. The molecule has 0 fully saturated rings. The van der Waals surface area contributed by atoms with E-state index in [1.165, 1.54) is 16.8 Å². The van der Waals surface area contributed by atoms with Gasteiger partial charge in [-0.1, -0.05) is 12.1 Å². The predicted octanol–water partition coefficient (Wildman–Crippen LogP) is 1.71. The van der Waals surface area contributed by atoms with Gasteiger partial charge in [0.1, 0.15) is 0 Å². The number of hydrogen-bond donors (Lipinski definition) is 1. The summed E-state index contributed by atoms with van der Waals surface area (Å²) >= 11 is 0. The summed E-state index contributed by atoms with van der Waals surface area (Å²) in [5.74, 6) is 0. The van der Waals surface area contributed by atoms with Gasteiger partial charge in [-0.2, -0.15) is 0 Å². The van der Waals surface area contributed by atoms with Crippen LogP contribution in [0.2, 0.25) is 0 Å². The fourth-order valence-electron chi connectivity index (χ4n) is 2.56. The zero-order valence-corrected chi connectivity index (χ0v) is 10.5. The minimum absolute atomic E-state index is 0.155. The van der Waals surface area contributed by atoms with E-state index >= 15 is 0 Å². The molecule has 2 aromatic rings. The summed E-state index contributed by atoms with van der Waals surface area (Å²) in [6.45, 7) is 1.63. The molecule has 1 atom stereocenters. The minimum atomic E-state index is 0.155. The third-order valence-electron chi connectivity index (χ3n) is 3.38. The third-order valence-corrected chi connectivity index (χ3v) is 3.38. The third kappa shape index (κ3) is 1.94. The van der Waals surface area contributed by atoms with Crippen molar-refractivity contribution < 1.29 is 4.74 Å². The molecule has 1 aromatic heterocycles. The van der Waals surface area contributed by atoms with Gasteiger partial charge in [0.15, 0.2) is 0 Å². The Labute approximate surface area is 107 Å². The summed E-state index contributed by atoms with van der Waals surface area (Å²) in [4.78, 5) is 4.12. The highest BCUT2D eigenvalue weighted by molar-refractivity contribution is 5.48. The molecule has 0 saturated carbocycles. The molecule has 0 spiro atoms. The van der Waals surface area contributed by atoms with E-state index in [1.54, 1.807) is 0 Å². The molecule has 0 radical (unpaired) electrons. The van der Waals surface area contributed by atoms with Crippen LogP contribution < -0.4 is 5.32 Å². The number of hydrogen-bond acceptors (Lipinski definition) is 3. The van der Waals surface area contributed by atoms with E-state index in [0.29, 0.717) is 0 Å². The normalized spacial score (nSPS) is 18.6. The fourth-order valence-corrected chi connectivity index (χ4v) is 2.56. The van der Waals surface area contributed by atoms with Gasteiger partial charge in [0.25, 0.3) is 0 Å². The van der Waals surface area contributed by atoms with Gasteiger partial charge in [-0.25, -0.2) is 4.98 Å². The highest BCUT2D eigenvalue weighted by Gasteiger charge is 2.22. The summed E-state index contributed by atoms with van der Waals surface area (Å²) in [5.41, 5.74) is 3.89. The Kier molecular flexibility index (Phi) is 3.13. The van der Waals surface area contributed by atoms with Gasteiger partial charge in [-0.15, -0.1) is 0 Å². The summed E-state index contributed by atoms with van der Waals surface area (Å²) in [6.07, 6.45) is 6.76. The number of ether oxygens (including phenoxy) is 1. The second-order valence-corrected chi connectivity index (χ2v) is 4.48. The summed E-state index contributed by atoms with van der Waals surface area (Å²) < 4.78 is 7.90. The second-order valence-electron chi connectivity index (χ2n) is 4.48. The molecular weight excluding hydrogens is 226 g/mol. The molecule has 2 heterocycles. The largest absolute Gasteiger partial charge is 0.372 e.